The normalized spacial score (nSPS) is 27.2. The lowest BCUT2D eigenvalue weighted by Gasteiger charge is -2.40. The van der Waals surface area contributed by atoms with Gasteiger partial charge >= 0.3 is 0 Å². The van der Waals surface area contributed by atoms with Crippen LogP contribution in [0.15, 0.2) is 34.8 Å². The number of carbonyl (C=O) groups excluding carboxylic acids is 3. The second-order valence-electron chi connectivity index (χ2n) is 7.19. The van der Waals surface area contributed by atoms with Crippen LogP contribution in [0.4, 0.5) is 4.39 Å². The summed E-state index contributed by atoms with van der Waals surface area (Å²) in [4.78, 5) is 37.0. The summed E-state index contributed by atoms with van der Waals surface area (Å²) in [7, 11) is 0. The number of allylic oxidation sites excluding steroid dienone is 3. The second-order valence-corrected chi connectivity index (χ2v) is 7.19. The molecule has 0 radical (unpaired) electrons. The average molecular weight is 373 g/mol. The van der Waals surface area contributed by atoms with Gasteiger partial charge in [0.25, 0.3) is 5.91 Å². The number of fused-ring (bicyclic) bond motifs is 3. The number of benzene rings is 1. The van der Waals surface area contributed by atoms with Crippen molar-refractivity contribution in [1.29, 1.82) is 0 Å². The Bertz CT molecular complexity index is 992. The van der Waals surface area contributed by atoms with Crippen LogP contribution in [0.3, 0.4) is 0 Å². The monoisotopic (exact) mass is 373 g/mol. The van der Waals surface area contributed by atoms with E-state index in [1.165, 1.54) is 6.07 Å². The molecule has 1 amide bonds. The summed E-state index contributed by atoms with van der Waals surface area (Å²) < 4.78 is 13.7. The van der Waals surface area contributed by atoms with Gasteiger partial charge in [0.2, 0.25) is 0 Å². The Labute approximate surface area is 152 Å². The number of halogens is 1. The summed E-state index contributed by atoms with van der Waals surface area (Å²) in [5.41, 5.74) is 4.77. The van der Waals surface area contributed by atoms with Gasteiger partial charge < -0.3 is 21.1 Å². The number of carbonyl (C=O) groups is 3. The van der Waals surface area contributed by atoms with Crippen molar-refractivity contribution in [2.24, 2.45) is 23.5 Å². The van der Waals surface area contributed by atoms with E-state index in [2.05, 4.69) is 0 Å². The van der Waals surface area contributed by atoms with Crippen LogP contribution in [-0.2, 0) is 16.0 Å². The van der Waals surface area contributed by atoms with Crippen molar-refractivity contribution < 1.29 is 34.1 Å². The van der Waals surface area contributed by atoms with Crippen molar-refractivity contribution in [2.75, 3.05) is 0 Å². The molecule has 8 heteroatoms. The lowest BCUT2D eigenvalue weighted by atomic mass is 9.62. The number of amides is 1. The van der Waals surface area contributed by atoms with Crippen molar-refractivity contribution in [3.8, 4) is 5.75 Å². The van der Waals surface area contributed by atoms with Crippen LogP contribution in [0.2, 0.25) is 0 Å². The Balaban J connectivity index is 1.86. The minimum Gasteiger partial charge on any atom is -0.511 e. The molecule has 0 aromatic heterocycles. The molecule has 3 unspecified atom stereocenters. The molecule has 7 nitrogen and oxygen atoms in total. The molecule has 1 aromatic carbocycles. The zero-order valence-electron chi connectivity index (χ0n) is 14.0. The van der Waals surface area contributed by atoms with E-state index in [1.54, 1.807) is 0 Å². The summed E-state index contributed by atoms with van der Waals surface area (Å²) in [6, 6.07) is 2.48. The van der Waals surface area contributed by atoms with Gasteiger partial charge in [-0.05, 0) is 36.3 Å². The van der Waals surface area contributed by atoms with Crippen LogP contribution in [0.5, 0.6) is 5.75 Å². The molecule has 4 rings (SSSR count). The van der Waals surface area contributed by atoms with Gasteiger partial charge in [-0.15, -0.1) is 0 Å². The minimum absolute atomic E-state index is 0.0156. The Morgan fingerprint density at radius 3 is 2.52 bits per heavy atom. The number of Topliss-reactive ketones (excluding diaryl/α,β-unsaturated/α-hetero) is 2. The predicted octanol–water partition coefficient (Wildman–Crippen LogP) is 1.60. The zero-order valence-corrected chi connectivity index (χ0v) is 14.0. The van der Waals surface area contributed by atoms with Crippen molar-refractivity contribution in [3.63, 3.8) is 0 Å². The number of aliphatic hydroxyl groups is 2. The largest absolute Gasteiger partial charge is 0.511 e. The maximum absolute atomic E-state index is 13.7. The van der Waals surface area contributed by atoms with Crippen molar-refractivity contribution in [2.45, 2.75) is 19.3 Å². The first-order valence-corrected chi connectivity index (χ1v) is 8.46. The maximum atomic E-state index is 13.7. The highest BCUT2D eigenvalue weighted by atomic mass is 19.1. The van der Waals surface area contributed by atoms with Crippen molar-refractivity contribution >= 4 is 17.5 Å². The number of nitrogens with two attached hydrogens (primary N) is 1. The maximum Gasteiger partial charge on any atom is 0.255 e. The third kappa shape index (κ3) is 2.29. The Morgan fingerprint density at radius 2 is 1.85 bits per heavy atom. The average Bonchev–Trinajstić information content (AvgIpc) is 2.57. The molecule has 5 N–H and O–H groups in total. The van der Waals surface area contributed by atoms with Crippen LogP contribution in [0.1, 0.15) is 28.8 Å². The fourth-order valence-corrected chi connectivity index (χ4v) is 4.59. The van der Waals surface area contributed by atoms with E-state index in [0.717, 1.165) is 6.07 Å². The quantitative estimate of drug-likeness (QED) is 0.552. The Morgan fingerprint density at radius 1 is 1.15 bits per heavy atom. The van der Waals surface area contributed by atoms with Crippen LogP contribution < -0.4 is 5.73 Å². The topological polar surface area (TPSA) is 138 Å². The highest BCUT2D eigenvalue weighted by Crippen LogP contribution is 2.49. The molecule has 0 aliphatic heterocycles. The third-order valence-electron chi connectivity index (χ3n) is 5.71. The summed E-state index contributed by atoms with van der Waals surface area (Å²) in [5.74, 6) is -7.41. The summed E-state index contributed by atoms with van der Waals surface area (Å²) >= 11 is 0. The van der Waals surface area contributed by atoms with Gasteiger partial charge in [-0.25, -0.2) is 4.39 Å². The standard InChI is InChI=1S/C19H16FNO6/c20-9-2-1-6-3-7-4-8-5-10(22)14(19(21)27)18(26)13(8)17(25)12(7)16(24)11(6)15(9)23/h1-2,7-8,13,22-23,25H,3-5H2,(H2,21,27). The third-order valence-corrected chi connectivity index (χ3v) is 5.71. The first-order chi connectivity index (χ1) is 12.7. The number of rotatable bonds is 1. The second kappa shape index (κ2) is 5.67. The molecule has 0 spiro atoms. The van der Waals surface area contributed by atoms with Crippen LogP contribution in [-0.4, -0.2) is 32.8 Å². The van der Waals surface area contributed by atoms with Crippen LogP contribution >= 0.6 is 0 Å². The number of phenolic OH excluding ortho intramolecular Hbond substituents is 1. The summed E-state index contributed by atoms with van der Waals surface area (Å²) in [6.45, 7) is 0. The molecule has 0 saturated carbocycles. The molecule has 0 heterocycles. The fraction of sp³-hybridized carbons (Fsp3) is 0.316. The van der Waals surface area contributed by atoms with Gasteiger partial charge in [0.15, 0.2) is 23.1 Å². The van der Waals surface area contributed by atoms with E-state index in [4.69, 9.17) is 5.73 Å². The number of primary amides is 1. The molecule has 27 heavy (non-hydrogen) atoms. The summed E-state index contributed by atoms with van der Waals surface area (Å²) in [6.07, 6.45) is 0.576. The van der Waals surface area contributed by atoms with E-state index in [1.807, 2.05) is 0 Å². The summed E-state index contributed by atoms with van der Waals surface area (Å²) in [5, 5.41) is 30.7. The SMILES string of the molecule is NC(=O)C1=C(O)CC2CC3Cc4ccc(F)c(O)c4C(=O)C3=C(O)C2C1=O. The fourth-order valence-electron chi connectivity index (χ4n) is 4.59. The first-order valence-electron chi connectivity index (χ1n) is 8.46. The molecule has 3 aliphatic rings. The number of aliphatic hydroxyl groups excluding tert-OH is 2. The number of ketones is 2. The van der Waals surface area contributed by atoms with Crippen molar-refractivity contribution in [1.82, 2.24) is 0 Å². The van der Waals surface area contributed by atoms with E-state index in [-0.39, 0.29) is 24.0 Å². The van der Waals surface area contributed by atoms with Crippen LogP contribution in [0, 0.1) is 23.6 Å². The molecular formula is C19H16FNO6. The molecule has 0 bridgehead atoms. The number of hydrogen-bond donors (Lipinski definition) is 4. The van der Waals surface area contributed by atoms with E-state index >= 15 is 0 Å². The number of phenols is 1. The van der Waals surface area contributed by atoms with Crippen LogP contribution in [0.25, 0.3) is 0 Å². The molecule has 140 valence electrons. The van der Waals surface area contributed by atoms with E-state index in [0.29, 0.717) is 12.0 Å². The number of hydrogen-bond acceptors (Lipinski definition) is 6. The van der Waals surface area contributed by atoms with Crippen molar-refractivity contribution in [3.05, 3.63) is 51.7 Å². The van der Waals surface area contributed by atoms with Gasteiger partial charge in [0, 0.05) is 12.0 Å². The van der Waals surface area contributed by atoms with Gasteiger partial charge in [-0.2, -0.15) is 0 Å². The van der Waals surface area contributed by atoms with E-state index in [9.17, 15) is 34.1 Å². The molecule has 0 saturated heterocycles. The molecule has 3 aliphatic carbocycles. The lowest BCUT2D eigenvalue weighted by molar-refractivity contribution is -0.126. The van der Waals surface area contributed by atoms with E-state index < -0.39 is 63.9 Å². The van der Waals surface area contributed by atoms with Gasteiger partial charge in [0.05, 0.1) is 11.5 Å². The first kappa shape index (κ1) is 17.3. The Kier molecular flexibility index (Phi) is 3.62. The van der Waals surface area contributed by atoms with Gasteiger partial charge in [0.1, 0.15) is 17.1 Å². The smallest absolute Gasteiger partial charge is 0.255 e. The minimum atomic E-state index is -1.17. The predicted molar refractivity (Wildman–Crippen MR) is 89.3 cm³/mol. The zero-order chi connectivity index (χ0) is 19.6. The molecule has 1 aromatic rings. The molecular weight excluding hydrogens is 357 g/mol. The number of aromatic hydroxyl groups is 1. The van der Waals surface area contributed by atoms with Gasteiger partial charge in [-0.3, -0.25) is 14.4 Å². The highest BCUT2D eigenvalue weighted by molar-refractivity contribution is 6.22. The molecule has 0 fully saturated rings. The van der Waals surface area contributed by atoms with Gasteiger partial charge in [-0.1, -0.05) is 6.07 Å². The Hall–Kier alpha value is -3.16. The lowest BCUT2D eigenvalue weighted by Crippen LogP contribution is -2.43. The molecule has 3 atom stereocenters. The highest BCUT2D eigenvalue weighted by Gasteiger charge is 2.50.